The highest BCUT2D eigenvalue weighted by Gasteiger charge is 2.14. The van der Waals surface area contributed by atoms with E-state index in [0.717, 1.165) is 21.3 Å². The molecule has 0 bridgehead atoms. The lowest BCUT2D eigenvalue weighted by Crippen LogP contribution is -2.22. The van der Waals surface area contributed by atoms with E-state index in [1.54, 1.807) is 10.9 Å². The summed E-state index contributed by atoms with van der Waals surface area (Å²) in [6.07, 6.45) is 1.67. The average Bonchev–Trinajstić information content (AvgIpc) is 2.89. The van der Waals surface area contributed by atoms with Crippen LogP contribution in [-0.4, -0.2) is 9.55 Å². The van der Waals surface area contributed by atoms with Crippen molar-refractivity contribution in [1.29, 1.82) is 0 Å². The number of aromatic nitrogens is 2. The summed E-state index contributed by atoms with van der Waals surface area (Å²) in [6.45, 7) is 9.11. The van der Waals surface area contributed by atoms with Gasteiger partial charge in [-0.15, -0.1) is 11.3 Å². The van der Waals surface area contributed by atoms with Crippen LogP contribution >= 0.6 is 11.3 Å². The number of nitrogens with zero attached hydrogens (tertiary/aromatic N) is 2. The quantitative estimate of drug-likeness (QED) is 0.718. The van der Waals surface area contributed by atoms with Crippen LogP contribution in [0.15, 0.2) is 34.7 Å². The summed E-state index contributed by atoms with van der Waals surface area (Å²) < 4.78 is 1.73. The van der Waals surface area contributed by atoms with Crippen molar-refractivity contribution in [3.63, 3.8) is 0 Å². The van der Waals surface area contributed by atoms with E-state index >= 15 is 0 Å². The summed E-state index contributed by atoms with van der Waals surface area (Å²) in [5.74, 6) is 0.417. The second kappa shape index (κ2) is 5.69. The fraction of sp³-hybridized carbons (Fsp3) is 0.333. The lowest BCUT2D eigenvalue weighted by atomic mass is 10.0. The van der Waals surface area contributed by atoms with Crippen molar-refractivity contribution >= 4 is 21.6 Å². The topological polar surface area (TPSA) is 34.9 Å². The van der Waals surface area contributed by atoms with Crippen LogP contribution in [-0.2, 0) is 6.54 Å². The Morgan fingerprint density at radius 1 is 1.23 bits per heavy atom. The van der Waals surface area contributed by atoms with Gasteiger partial charge in [0.15, 0.2) is 0 Å². The first-order valence-corrected chi connectivity index (χ1v) is 8.39. The Hall–Kier alpha value is -1.94. The fourth-order valence-corrected chi connectivity index (χ4v) is 3.52. The molecule has 2 heterocycles. The predicted octanol–water partition coefficient (Wildman–Crippen LogP) is 4.40. The van der Waals surface area contributed by atoms with Gasteiger partial charge >= 0.3 is 0 Å². The Morgan fingerprint density at radius 2 is 2.00 bits per heavy atom. The third-order valence-corrected chi connectivity index (χ3v) is 4.83. The molecule has 0 atom stereocenters. The average molecular weight is 312 g/mol. The van der Waals surface area contributed by atoms with Gasteiger partial charge in [-0.25, -0.2) is 4.98 Å². The van der Waals surface area contributed by atoms with E-state index in [0.29, 0.717) is 12.5 Å². The van der Waals surface area contributed by atoms with Gasteiger partial charge in [-0.1, -0.05) is 32.0 Å². The van der Waals surface area contributed by atoms with Crippen LogP contribution in [0.25, 0.3) is 21.3 Å². The third kappa shape index (κ3) is 2.59. The lowest BCUT2D eigenvalue weighted by molar-refractivity contribution is 0.508. The standard InChI is InChI=1S/C18H20N2OS/c1-11(2)8-20-10-19-17-16(18(20)21)15(9-22-17)14-6-5-12(3)13(4)7-14/h5-7,9-11H,8H2,1-4H3. The fourth-order valence-electron chi connectivity index (χ4n) is 2.61. The molecular formula is C18H20N2OS. The summed E-state index contributed by atoms with van der Waals surface area (Å²) in [7, 11) is 0. The highest BCUT2D eigenvalue weighted by atomic mass is 32.1. The number of hydrogen-bond donors (Lipinski definition) is 0. The summed E-state index contributed by atoms with van der Waals surface area (Å²) in [4.78, 5) is 18.1. The molecule has 0 amide bonds. The molecular weight excluding hydrogens is 292 g/mol. The van der Waals surface area contributed by atoms with E-state index in [2.05, 4.69) is 50.9 Å². The molecule has 0 N–H and O–H groups in total. The first-order chi connectivity index (χ1) is 10.5. The Kier molecular flexibility index (Phi) is 3.87. The molecule has 3 aromatic rings. The van der Waals surface area contributed by atoms with Gasteiger partial charge < -0.3 is 0 Å². The first kappa shape index (κ1) is 15.0. The van der Waals surface area contributed by atoms with E-state index < -0.39 is 0 Å². The van der Waals surface area contributed by atoms with Crippen molar-refractivity contribution in [3.8, 4) is 11.1 Å². The van der Waals surface area contributed by atoms with Crippen molar-refractivity contribution in [2.24, 2.45) is 5.92 Å². The van der Waals surface area contributed by atoms with E-state index in [1.807, 2.05) is 5.38 Å². The van der Waals surface area contributed by atoms with Crippen molar-refractivity contribution < 1.29 is 0 Å². The van der Waals surface area contributed by atoms with Crippen LogP contribution in [0.2, 0.25) is 0 Å². The smallest absolute Gasteiger partial charge is 0.262 e. The zero-order chi connectivity index (χ0) is 15.9. The highest BCUT2D eigenvalue weighted by molar-refractivity contribution is 7.17. The molecule has 2 aromatic heterocycles. The van der Waals surface area contributed by atoms with Crippen molar-refractivity contribution in [1.82, 2.24) is 9.55 Å². The minimum Gasteiger partial charge on any atom is -0.298 e. The highest BCUT2D eigenvalue weighted by Crippen LogP contribution is 2.31. The van der Waals surface area contributed by atoms with Gasteiger partial charge in [0.1, 0.15) is 4.83 Å². The molecule has 3 nitrogen and oxygen atoms in total. The van der Waals surface area contributed by atoms with Gasteiger partial charge in [0.25, 0.3) is 5.56 Å². The third-order valence-electron chi connectivity index (χ3n) is 3.94. The minimum atomic E-state index is 0.0631. The predicted molar refractivity (Wildman–Crippen MR) is 93.6 cm³/mol. The molecule has 0 saturated carbocycles. The summed E-state index contributed by atoms with van der Waals surface area (Å²) in [6, 6.07) is 6.34. The second-order valence-corrected chi connectivity index (χ2v) is 7.08. The van der Waals surface area contributed by atoms with Gasteiger partial charge in [0.2, 0.25) is 0 Å². The maximum absolute atomic E-state index is 12.8. The molecule has 0 radical (unpaired) electrons. The molecule has 4 heteroatoms. The normalized spacial score (nSPS) is 11.5. The molecule has 0 fully saturated rings. The zero-order valence-electron chi connectivity index (χ0n) is 13.4. The molecule has 0 spiro atoms. The maximum Gasteiger partial charge on any atom is 0.262 e. The zero-order valence-corrected chi connectivity index (χ0v) is 14.2. The molecule has 0 saturated heterocycles. The Bertz CT molecular complexity index is 890. The van der Waals surface area contributed by atoms with Crippen LogP contribution in [0.5, 0.6) is 0 Å². The number of benzene rings is 1. The Balaban J connectivity index is 2.22. The summed E-state index contributed by atoms with van der Waals surface area (Å²) >= 11 is 1.54. The number of aryl methyl sites for hydroxylation is 2. The van der Waals surface area contributed by atoms with Gasteiger partial charge in [0, 0.05) is 17.5 Å². The SMILES string of the molecule is Cc1ccc(-c2csc3ncn(CC(C)C)c(=O)c23)cc1C. The van der Waals surface area contributed by atoms with Crippen LogP contribution in [0, 0.1) is 19.8 Å². The lowest BCUT2D eigenvalue weighted by Gasteiger charge is -2.09. The van der Waals surface area contributed by atoms with E-state index in [1.165, 1.54) is 22.5 Å². The van der Waals surface area contributed by atoms with Crippen molar-refractivity contribution in [3.05, 3.63) is 51.4 Å². The molecule has 0 unspecified atom stereocenters. The van der Waals surface area contributed by atoms with Gasteiger partial charge in [-0.05, 0) is 36.5 Å². The largest absolute Gasteiger partial charge is 0.298 e. The second-order valence-electron chi connectivity index (χ2n) is 6.22. The number of rotatable bonds is 3. The van der Waals surface area contributed by atoms with Gasteiger partial charge in [0.05, 0.1) is 11.7 Å². The number of thiophene rings is 1. The van der Waals surface area contributed by atoms with E-state index in [4.69, 9.17) is 0 Å². The Morgan fingerprint density at radius 3 is 2.68 bits per heavy atom. The molecule has 22 heavy (non-hydrogen) atoms. The Labute approximate surface area is 134 Å². The van der Waals surface area contributed by atoms with Crippen LogP contribution in [0.3, 0.4) is 0 Å². The maximum atomic E-state index is 12.8. The van der Waals surface area contributed by atoms with Gasteiger partial charge in [-0.3, -0.25) is 9.36 Å². The molecule has 3 rings (SSSR count). The van der Waals surface area contributed by atoms with E-state index in [9.17, 15) is 4.79 Å². The molecule has 114 valence electrons. The van der Waals surface area contributed by atoms with Gasteiger partial charge in [-0.2, -0.15) is 0 Å². The molecule has 1 aromatic carbocycles. The minimum absolute atomic E-state index is 0.0631. The van der Waals surface area contributed by atoms with Crippen LogP contribution in [0.1, 0.15) is 25.0 Å². The number of hydrogen-bond acceptors (Lipinski definition) is 3. The van der Waals surface area contributed by atoms with Crippen LogP contribution in [0.4, 0.5) is 0 Å². The summed E-state index contributed by atoms with van der Waals surface area (Å²) in [5.41, 5.74) is 4.66. The molecule has 0 aliphatic heterocycles. The molecule has 0 aliphatic rings. The molecule has 0 aliphatic carbocycles. The first-order valence-electron chi connectivity index (χ1n) is 7.51. The monoisotopic (exact) mass is 312 g/mol. The summed E-state index contributed by atoms with van der Waals surface area (Å²) in [5, 5.41) is 2.79. The number of fused-ring (bicyclic) bond motifs is 1. The van der Waals surface area contributed by atoms with E-state index in [-0.39, 0.29) is 5.56 Å². The van der Waals surface area contributed by atoms with Crippen molar-refractivity contribution in [2.45, 2.75) is 34.2 Å². The van der Waals surface area contributed by atoms with Crippen molar-refractivity contribution in [2.75, 3.05) is 0 Å². The van der Waals surface area contributed by atoms with Crippen LogP contribution < -0.4 is 5.56 Å².